The van der Waals surface area contributed by atoms with Gasteiger partial charge in [-0.05, 0) is 19.3 Å². The number of rotatable bonds is 3. The maximum Gasteiger partial charge on any atom is 0.225 e. The molecule has 0 bridgehead atoms. The molecule has 1 atom stereocenters. The molecular formula is C10H19ClN2O2. The largest absolute Gasteiger partial charge is 0.376 e. The topological polar surface area (TPSA) is 50.4 Å². The van der Waals surface area contributed by atoms with E-state index < -0.39 is 0 Å². The molecule has 5 heteroatoms. The SMILES string of the molecule is Cl.O=C(NCC1CCCCO1)C1CNC1. The smallest absolute Gasteiger partial charge is 0.225 e. The van der Waals surface area contributed by atoms with Crippen LogP contribution < -0.4 is 10.6 Å². The number of amides is 1. The zero-order valence-electron chi connectivity index (χ0n) is 8.83. The molecule has 0 aromatic heterocycles. The number of carbonyl (C=O) groups excluding carboxylic acids is 1. The average Bonchev–Trinajstić information content (AvgIpc) is 2.14. The lowest BCUT2D eigenvalue weighted by Gasteiger charge is -2.28. The van der Waals surface area contributed by atoms with Gasteiger partial charge >= 0.3 is 0 Å². The first-order valence-electron chi connectivity index (χ1n) is 5.46. The van der Waals surface area contributed by atoms with Crippen LogP contribution in [0.15, 0.2) is 0 Å². The van der Waals surface area contributed by atoms with Gasteiger partial charge in [0.1, 0.15) is 0 Å². The maximum atomic E-state index is 11.5. The summed E-state index contributed by atoms with van der Waals surface area (Å²) in [6.45, 7) is 3.20. The number of ether oxygens (including phenoxy) is 1. The van der Waals surface area contributed by atoms with Crippen LogP contribution in [0.5, 0.6) is 0 Å². The molecule has 1 unspecified atom stereocenters. The van der Waals surface area contributed by atoms with E-state index in [1.54, 1.807) is 0 Å². The van der Waals surface area contributed by atoms with Gasteiger partial charge in [0, 0.05) is 26.2 Å². The van der Waals surface area contributed by atoms with Crippen LogP contribution in [-0.2, 0) is 9.53 Å². The molecule has 4 nitrogen and oxygen atoms in total. The van der Waals surface area contributed by atoms with Crippen LogP contribution in [0.4, 0.5) is 0 Å². The van der Waals surface area contributed by atoms with Crippen LogP contribution in [-0.4, -0.2) is 38.3 Å². The molecule has 0 saturated carbocycles. The van der Waals surface area contributed by atoms with E-state index in [-0.39, 0.29) is 30.3 Å². The minimum atomic E-state index is 0. The van der Waals surface area contributed by atoms with Crippen LogP contribution in [0.2, 0.25) is 0 Å². The second-order valence-electron chi connectivity index (χ2n) is 4.09. The predicted octanol–water partition coefficient (Wildman–Crippen LogP) is 0.313. The third-order valence-corrected chi connectivity index (χ3v) is 2.93. The molecule has 1 amide bonds. The minimum Gasteiger partial charge on any atom is -0.376 e. The van der Waals surface area contributed by atoms with Crippen molar-refractivity contribution in [2.24, 2.45) is 5.92 Å². The molecular weight excluding hydrogens is 216 g/mol. The highest BCUT2D eigenvalue weighted by Gasteiger charge is 2.25. The Bertz CT molecular complexity index is 204. The molecule has 0 spiro atoms. The molecule has 0 aromatic rings. The summed E-state index contributed by atoms with van der Waals surface area (Å²) >= 11 is 0. The van der Waals surface area contributed by atoms with Crippen LogP contribution in [0.25, 0.3) is 0 Å². The minimum absolute atomic E-state index is 0. The van der Waals surface area contributed by atoms with Gasteiger partial charge in [0.2, 0.25) is 5.91 Å². The molecule has 2 N–H and O–H groups in total. The monoisotopic (exact) mass is 234 g/mol. The summed E-state index contributed by atoms with van der Waals surface area (Å²) in [6, 6.07) is 0. The van der Waals surface area contributed by atoms with Gasteiger partial charge in [-0.1, -0.05) is 0 Å². The van der Waals surface area contributed by atoms with Crippen LogP contribution >= 0.6 is 12.4 Å². The second kappa shape index (κ2) is 6.30. The Hall–Kier alpha value is -0.320. The maximum absolute atomic E-state index is 11.5. The first-order chi connectivity index (χ1) is 6.86. The quantitative estimate of drug-likeness (QED) is 0.739. The molecule has 2 aliphatic rings. The van der Waals surface area contributed by atoms with E-state index in [1.807, 2.05) is 0 Å². The number of hydrogen-bond acceptors (Lipinski definition) is 3. The molecule has 88 valence electrons. The molecule has 0 radical (unpaired) electrons. The van der Waals surface area contributed by atoms with E-state index in [9.17, 15) is 4.79 Å². The molecule has 2 saturated heterocycles. The van der Waals surface area contributed by atoms with Crippen molar-refractivity contribution in [3.63, 3.8) is 0 Å². The number of carbonyl (C=O) groups is 1. The lowest BCUT2D eigenvalue weighted by atomic mass is 10.0. The van der Waals surface area contributed by atoms with Gasteiger partial charge < -0.3 is 15.4 Å². The number of halogens is 1. The zero-order valence-corrected chi connectivity index (χ0v) is 9.65. The van der Waals surface area contributed by atoms with Crippen LogP contribution in [0.1, 0.15) is 19.3 Å². The van der Waals surface area contributed by atoms with Crippen molar-refractivity contribution in [3.8, 4) is 0 Å². The lowest BCUT2D eigenvalue weighted by molar-refractivity contribution is -0.127. The summed E-state index contributed by atoms with van der Waals surface area (Å²) in [5.74, 6) is 0.372. The van der Waals surface area contributed by atoms with Gasteiger partial charge in [0.05, 0.1) is 12.0 Å². The van der Waals surface area contributed by atoms with Gasteiger partial charge in [-0.15, -0.1) is 12.4 Å². The highest BCUT2D eigenvalue weighted by molar-refractivity contribution is 5.85. The Morgan fingerprint density at radius 2 is 2.20 bits per heavy atom. The van der Waals surface area contributed by atoms with Crippen molar-refractivity contribution in [2.75, 3.05) is 26.2 Å². The van der Waals surface area contributed by atoms with E-state index in [1.165, 1.54) is 6.42 Å². The molecule has 15 heavy (non-hydrogen) atoms. The van der Waals surface area contributed by atoms with E-state index >= 15 is 0 Å². The van der Waals surface area contributed by atoms with Gasteiger partial charge in [-0.2, -0.15) is 0 Å². The van der Waals surface area contributed by atoms with Crippen molar-refractivity contribution < 1.29 is 9.53 Å². The van der Waals surface area contributed by atoms with Crippen molar-refractivity contribution in [1.82, 2.24) is 10.6 Å². The molecule has 2 fully saturated rings. The Morgan fingerprint density at radius 3 is 2.73 bits per heavy atom. The fourth-order valence-corrected chi connectivity index (χ4v) is 1.80. The normalized spacial score (nSPS) is 26.3. The third-order valence-electron chi connectivity index (χ3n) is 2.93. The summed E-state index contributed by atoms with van der Waals surface area (Å²) in [4.78, 5) is 11.5. The third kappa shape index (κ3) is 3.63. The summed E-state index contributed by atoms with van der Waals surface area (Å²) in [6.07, 6.45) is 3.73. The number of hydrogen-bond donors (Lipinski definition) is 2. The van der Waals surface area contributed by atoms with Crippen molar-refractivity contribution >= 4 is 18.3 Å². The summed E-state index contributed by atoms with van der Waals surface area (Å²) < 4.78 is 5.53. The van der Waals surface area contributed by atoms with Crippen LogP contribution in [0.3, 0.4) is 0 Å². The molecule has 0 aromatic carbocycles. The second-order valence-corrected chi connectivity index (χ2v) is 4.09. The Morgan fingerprint density at radius 1 is 1.40 bits per heavy atom. The highest BCUT2D eigenvalue weighted by Crippen LogP contribution is 2.12. The molecule has 2 heterocycles. The fraction of sp³-hybridized carbons (Fsp3) is 0.900. The van der Waals surface area contributed by atoms with Gasteiger partial charge in [-0.25, -0.2) is 0 Å². The summed E-state index contributed by atoms with van der Waals surface area (Å²) in [5, 5.41) is 6.04. The summed E-state index contributed by atoms with van der Waals surface area (Å²) in [5.41, 5.74) is 0. The number of nitrogens with one attached hydrogen (secondary N) is 2. The summed E-state index contributed by atoms with van der Waals surface area (Å²) in [7, 11) is 0. The van der Waals surface area contributed by atoms with E-state index in [4.69, 9.17) is 4.74 Å². The standard InChI is InChI=1S/C10H18N2O2.ClH/c13-10(8-5-11-6-8)12-7-9-3-1-2-4-14-9;/h8-9,11H,1-7H2,(H,12,13);1H. The van der Waals surface area contributed by atoms with E-state index in [2.05, 4.69) is 10.6 Å². The zero-order chi connectivity index (χ0) is 9.80. The Labute approximate surface area is 96.5 Å². The van der Waals surface area contributed by atoms with Crippen molar-refractivity contribution in [2.45, 2.75) is 25.4 Å². The van der Waals surface area contributed by atoms with Gasteiger partial charge in [-0.3, -0.25) is 4.79 Å². The van der Waals surface area contributed by atoms with Gasteiger partial charge in [0.25, 0.3) is 0 Å². The Kier molecular flexibility index (Phi) is 5.36. The molecule has 0 aliphatic carbocycles. The average molecular weight is 235 g/mol. The predicted molar refractivity (Wildman–Crippen MR) is 60.2 cm³/mol. The van der Waals surface area contributed by atoms with Crippen molar-refractivity contribution in [1.29, 1.82) is 0 Å². The van der Waals surface area contributed by atoms with Gasteiger partial charge in [0.15, 0.2) is 0 Å². The molecule has 2 aliphatic heterocycles. The Balaban J connectivity index is 0.00000112. The van der Waals surface area contributed by atoms with Crippen LogP contribution in [0, 0.1) is 5.92 Å². The molecule has 2 rings (SSSR count). The van der Waals surface area contributed by atoms with E-state index in [0.29, 0.717) is 6.54 Å². The first kappa shape index (κ1) is 12.7. The lowest BCUT2D eigenvalue weighted by Crippen LogP contribution is -2.52. The van der Waals surface area contributed by atoms with Crippen molar-refractivity contribution in [3.05, 3.63) is 0 Å². The fourth-order valence-electron chi connectivity index (χ4n) is 1.80. The van der Waals surface area contributed by atoms with E-state index in [0.717, 1.165) is 32.5 Å². The first-order valence-corrected chi connectivity index (χ1v) is 5.46. The highest BCUT2D eigenvalue weighted by atomic mass is 35.5.